The number of hydrogen-bond acceptors (Lipinski definition) is 1. The lowest BCUT2D eigenvalue weighted by molar-refractivity contribution is 1.12. The van der Waals surface area contributed by atoms with Crippen molar-refractivity contribution in [2.75, 3.05) is 0 Å². The molecule has 0 radical (unpaired) electrons. The topological polar surface area (TPSA) is 0 Å². The Balaban J connectivity index is 2.38. The minimum atomic E-state index is 0.905. The summed E-state index contributed by atoms with van der Waals surface area (Å²) in [7, 11) is 0. The molecule has 0 unspecified atom stereocenters. The van der Waals surface area contributed by atoms with Gasteiger partial charge in [-0.1, -0.05) is 0 Å². The lowest BCUT2D eigenvalue weighted by atomic mass is 10.2. The highest BCUT2D eigenvalue weighted by atomic mass is 79.9. The fourth-order valence-corrected chi connectivity index (χ4v) is 3.06. The zero-order chi connectivity index (χ0) is 7.14. The van der Waals surface area contributed by atoms with Crippen molar-refractivity contribution in [2.45, 2.75) is 25.7 Å². The summed E-state index contributed by atoms with van der Waals surface area (Å²) in [4.78, 5) is 1.49. The van der Waals surface area contributed by atoms with Gasteiger partial charge in [0.1, 0.15) is 0 Å². The number of rotatable bonds is 1. The van der Waals surface area contributed by atoms with E-state index in [2.05, 4.69) is 28.9 Å². The average Bonchev–Trinajstić information content (AvgIpc) is 2.61. The van der Waals surface area contributed by atoms with Gasteiger partial charge in [0.2, 0.25) is 0 Å². The van der Waals surface area contributed by atoms with Crippen LogP contribution >= 0.6 is 27.3 Å². The van der Waals surface area contributed by atoms with Crippen LogP contribution in [0.25, 0.3) is 0 Å². The first-order chi connectivity index (χ1) is 4.77. The molecule has 54 valence electrons. The normalized spacial score (nSPS) is 17.8. The molecule has 1 saturated carbocycles. The number of halogens is 1. The first-order valence-electron chi connectivity index (χ1n) is 3.53. The monoisotopic (exact) mass is 216 g/mol. The highest BCUT2D eigenvalue weighted by molar-refractivity contribution is 9.11. The number of thiophene rings is 1. The number of hydrogen-bond donors (Lipinski definition) is 0. The molecule has 1 aliphatic carbocycles. The van der Waals surface area contributed by atoms with Gasteiger partial charge < -0.3 is 0 Å². The van der Waals surface area contributed by atoms with E-state index in [0.717, 1.165) is 5.92 Å². The van der Waals surface area contributed by atoms with E-state index >= 15 is 0 Å². The van der Waals surface area contributed by atoms with Crippen molar-refractivity contribution in [2.24, 2.45) is 0 Å². The van der Waals surface area contributed by atoms with Crippen LogP contribution in [0.4, 0.5) is 0 Å². The van der Waals surface area contributed by atoms with Gasteiger partial charge >= 0.3 is 0 Å². The summed E-state index contributed by atoms with van der Waals surface area (Å²) in [6.45, 7) is 2.21. The smallest absolute Gasteiger partial charge is 0.0704 e. The van der Waals surface area contributed by atoms with E-state index in [1.165, 1.54) is 21.5 Å². The largest absolute Gasteiger partial charge is 0.133 e. The fraction of sp³-hybridized carbons (Fsp3) is 0.500. The maximum atomic E-state index is 3.50. The zero-order valence-corrected chi connectivity index (χ0v) is 8.26. The molecule has 0 spiro atoms. The molecule has 2 heteroatoms. The fourth-order valence-electron chi connectivity index (χ4n) is 1.26. The molecule has 10 heavy (non-hydrogen) atoms. The lowest BCUT2D eigenvalue weighted by Crippen LogP contribution is -1.74. The summed E-state index contributed by atoms with van der Waals surface area (Å²) in [5.41, 5.74) is 1.58. The first kappa shape index (κ1) is 6.86. The third-order valence-corrected chi connectivity index (χ3v) is 3.51. The summed E-state index contributed by atoms with van der Waals surface area (Å²) >= 11 is 5.35. The molecule has 0 saturated heterocycles. The second kappa shape index (κ2) is 2.35. The Morgan fingerprint density at radius 2 is 2.30 bits per heavy atom. The van der Waals surface area contributed by atoms with E-state index < -0.39 is 0 Å². The standard InChI is InChI=1S/C8H9BrS/c1-5-7(6-2-3-6)4-8(9)10-5/h4,6H,2-3H2,1H3. The van der Waals surface area contributed by atoms with Crippen LogP contribution in [0, 0.1) is 6.92 Å². The maximum Gasteiger partial charge on any atom is 0.0704 e. The van der Waals surface area contributed by atoms with Gasteiger partial charge in [-0.3, -0.25) is 0 Å². The Labute approximate surface area is 73.4 Å². The van der Waals surface area contributed by atoms with Crippen molar-refractivity contribution in [3.05, 3.63) is 20.3 Å². The van der Waals surface area contributed by atoms with Gasteiger partial charge in [-0.25, -0.2) is 0 Å². The van der Waals surface area contributed by atoms with Crippen LogP contribution < -0.4 is 0 Å². The van der Waals surface area contributed by atoms with Crippen molar-refractivity contribution in [1.82, 2.24) is 0 Å². The van der Waals surface area contributed by atoms with E-state index in [1.807, 2.05) is 11.3 Å². The zero-order valence-electron chi connectivity index (χ0n) is 5.86. The summed E-state index contributed by atoms with van der Waals surface area (Å²) < 4.78 is 1.28. The highest BCUT2D eigenvalue weighted by Crippen LogP contribution is 2.44. The average molecular weight is 217 g/mol. The molecule has 0 nitrogen and oxygen atoms in total. The molecule has 0 bridgehead atoms. The molecule has 0 amide bonds. The summed E-state index contributed by atoms with van der Waals surface area (Å²) in [5, 5.41) is 0. The maximum absolute atomic E-state index is 3.50. The Kier molecular flexibility index (Phi) is 1.61. The van der Waals surface area contributed by atoms with E-state index in [-0.39, 0.29) is 0 Å². The van der Waals surface area contributed by atoms with Crippen molar-refractivity contribution in [3.8, 4) is 0 Å². The van der Waals surface area contributed by atoms with Gasteiger partial charge in [0.05, 0.1) is 3.79 Å². The first-order valence-corrected chi connectivity index (χ1v) is 5.14. The van der Waals surface area contributed by atoms with Crippen molar-refractivity contribution in [1.29, 1.82) is 0 Å². The van der Waals surface area contributed by atoms with Crippen molar-refractivity contribution < 1.29 is 0 Å². The van der Waals surface area contributed by atoms with Crippen molar-refractivity contribution in [3.63, 3.8) is 0 Å². The predicted octanol–water partition coefficient (Wildman–Crippen LogP) is 3.70. The Hall–Kier alpha value is 0.180. The molecule has 1 aliphatic rings. The van der Waals surface area contributed by atoms with E-state index in [9.17, 15) is 0 Å². The van der Waals surface area contributed by atoms with E-state index in [0.29, 0.717) is 0 Å². The molecular weight excluding hydrogens is 208 g/mol. The van der Waals surface area contributed by atoms with Crippen molar-refractivity contribution >= 4 is 27.3 Å². The molecule has 2 rings (SSSR count). The van der Waals surface area contributed by atoms with Crippen LogP contribution in [0.5, 0.6) is 0 Å². The molecule has 1 heterocycles. The quantitative estimate of drug-likeness (QED) is 0.672. The minimum absolute atomic E-state index is 0.905. The lowest BCUT2D eigenvalue weighted by Gasteiger charge is -1.90. The van der Waals surface area contributed by atoms with Gasteiger partial charge in [-0.05, 0) is 53.2 Å². The summed E-state index contributed by atoms with van der Waals surface area (Å²) in [5.74, 6) is 0.905. The van der Waals surface area contributed by atoms with Crippen LogP contribution in [-0.2, 0) is 0 Å². The molecule has 1 aromatic rings. The van der Waals surface area contributed by atoms with Gasteiger partial charge in [0.15, 0.2) is 0 Å². The van der Waals surface area contributed by atoms with Gasteiger partial charge in [-0.2, -0.15) is 0 Å². The van der Waals surface area contributed by atoms with Crippen LogP contribution in [-0.4, -0.2) is 0 Å². The Morgan fingerprint density at radius 3 is 2.70 bits per heavy atom. The SMILES string of the molecule is Cc1sc(Br)cc1C1CC1. The molecule has 0 aromatic carbocycles. The van der Waals surface area contributed by atoms with Crippen LogP contribution in [0.3, 0.4) is 0 Å². The Bertz CT molecular complexity index is 248. The molecule has 1 aromatic heterocycles. The second-order valence-electron chi connectivity index (χ2n) is 2.84. The molecule has 0 aliphatic heterocycles. The van der Waals surface area contributed by atoms with Crippen LogP contribution in [0.1, 0.15) is 29.2 Å². The van der Waals surface area contributed by atoms with Crippen LogP contribution in [0.15, 0.2) is 9.85 Å². The minimum Gasteiger partial charge on any atom is -0.133 e. The summed E-state index contributed by atoms with van der Waals surface area (Å²) in [6.07, 6.45) is 2.81. The predicted molar refractivity (Wildman–Crippen MR) is 48.7 cm³/mol. The van der Waals surface area contributed by atoms with Gasteiger partial charge in [0, 0.05) is 4.88 Å². The Morgan fingerprint density at radius 1 is 1.60 bits per heavy atom. The van der Waals surface area contributed by atoms with Gasteiger partial charge in [0.25, 0.3) is 0 Å². The third kappa shape index (κ3) is 1.15. The van der Waals surface area contributed by atoms with E-state index in [4.69, 9.17) is 0 Å². The van der Waals surface area contributed by atoms with Crippen LogP contribution in [0.2, 0.25) is 0 Å². The third-order valence-electron chi connectivity index (χ3n) is 1.94. The van der Waals surface area contributed by atoms with Gasteiger partial charge in [-0.15, -0.1) is 11.3 Å². The highest BCUT2D eigenvalue weighted by Gasteiger charge is 2.26. The number of aryl methyl sites for hydroxylation is 1. The molecule has 0 atom stereocenters. The van der Waals surface area contributed by atoms with E-state index in [1.54, 1.807) is 5.56 Å². The molecular formula is C8H9BrS. The molecule has 1 fully saturated rings. The summed E-state index contributed by atoms with van der Waals surface area (Å²) in [6, 6.07) is 2.28. The second-order valence-corrected chi connectivity index (χ2v) is 5.47. The molecule has 0 N–H and O–H groups in total.